The summed E-state index contributed by atoms with van der Waals surface area (Å²) in [5.41, 5.74) is 1.67. The van der Waals surface area contributed by atoms with Gasteiger partial charge in [0.2, 0.25) is 0 Å². The van der Waals surface area contributed by atoms with Gasteiger partial charge >= 0.3 is 18.0 Å². The fourth-order valence-electron chi connectivity index (χ4n) is 3.41. The second-order valence-corrected chi connectivity index (χ2v) is 8.14. The Bertz CT molecular complexity index is 988. The summed E-state index contributed by atoms with van der Waals surface area (Å²) < 4.78 is 24.3. The largest absolute Gasteiger partial charge is 0.465 e. The summed E-state index contributed by atoms with van der Waals surface area (Å²) in [5.74, 6) is -4.52. The van der Waals surface area contributed by atoms with Gasteiger partial charge in [0.05, 0.1) is 0 Å². The van der Waals surface area contributed by atoms with E-state index in [0.717, 1.165) is 5.56 Å². The van der Waals surface area contributed by atoms with Gasteiger partial charge in [-0.25, -0.2) is 9.18 Å². The number of carbonyl (C=O) groups excluding carboxylic acids is 2. The molecular weight excluding hydrogens is 429 g/mol. The van der Waals surface area contributed by atoms with Gasteiger partial charge in [0, 0.05) is 30.5 Å². The third-order valence-corrected chi connectivity index (χ3v) is 5.02. The van der Waals surface area contributed by atoms with E-state index in [1.165, 1.54) is 32.0 Å². The molecule has 9 heteroatoms. The Balaban J connectivity index is 1.75. The highest BCUT2D eigenvalue weighted by atomic mass is 35.5. The number of hydrogen-bond acceptors (Lipinski definition) is 5. The van der Waals surface area contributed by atoms with Gasteiger partial charge in [0.1, 0.15) is 5.82 Å². The van der Waals surface area contributed by atoms with E-state index < -0.39 is 41.6 Å². The van der Waals surface area contributed by atoms with E-state index in [9.17, 15) is 18.8 Å². The number of benzene rings is 2. The van der Waals surface area contributed by atoms with Gasteiger partial charge in [-0.2, -0.15) is 0 Å². The minimum Gasteiger partial charge on any atom is -0.465 e. The Morgan fingerprint density at radius 1 is 1.16 bits per heavy atom. The normalized spacial score (nSPS) is 16.9. The van der Waals surface area contributed by atoms with Crippen LogP contribution in [0.15, 0.2) is 42.5 Å². The molecule has 0 aliphatic carbocycles. The number of carbonyl (C=O) groups is 3. The van der Waals surface area contributed by atoms with Crippen molar-refractivity contribution in [2.45, 2.75) is 38.5 Å². The number of halogens is 2. The molecule has 1 saturated heterocycles. The molecule has 0 radical (unpaired) electrons. The van der Waals surface area contributed by atoms with E-state index in [0.29, 0.717) is 16.1 Å². The molecule has 1 fully saturated rings. The highest BCUT2D eigenvalue weighted by Crippen LogP contribution is 2.28. The zero-order valence-electron chi connectivity index (χ0n) is 16.9. The molecule has 0 spiro atoms. The highest BCUT2D eigenvalue weighted by Gasteiger charge is 2.44. The Labute approximate surface area is 183 Å². The predicted octanol–water partition coefficient (Wildman–Crippen LogP) is 4.17. The SMILES string of the molecule is CC1(C)OC(=O)C(CC(Cc2ccc(-c3cc(Cl)ccc3F)cc2)NC(=O)O)C(=O)O1. The molecule has 1 aliphatic heterocycles. The lowest BCUT2D eigenvalue weighted by Crippen LogP contribution is -2.49. The van der Waals surface area contributed by atoms with Gasteiger partial charge in [-0.3, -0.25) is 9.59 Å². The van der Waals surface area contributed by atoms with Crippen LogP contribution in [0.1, 0.15) is 25.8 Å². The zero-order valence-corrected chi connectivity index (χ0v) is 17.6. The third-order valence-electron chi connectivity index (χ3n) is 4.79. The second kappa shape index (κ2) is 8.93. The first-order chi connectivity index (χ1) is 14.5. The molecule has 164 valence electrons. The summed E-state index contributed by atoms with van der Waals surface area (Å²) in [6.07, 6.45) is -1.21. The summed E-state index contributed by atoms with van der Waals surface area (Å²) in [6.45, 7) is 2.88. The van der Waals surface area contributed by atoms with Crippen LogP contribution in [-0.4, -0.2) is 35.0 Å². The Morgan fingerprint density at radius 2 is 1.77 bits per heavy atom. The van der Waals surface area contributed by atoms with Crippen LogP contribution in [0.25, 0.3) is 11.1 Å². The zero-order chi connectivity index (χ0) is 22.8. The molecule has 7 nitrogen and oxygen atoms in total. The summed E-state index contributed by atoms with van der Waals surface area (Å²) in [5, 5.41) is 11.9. The molecule has 2 aromatic rings. The average molecular weight is 450 g/mol. The maximum Gasteiger partial charge on any atom is 0.404 e. The Kier molecular flexibility index (Phi) is 6.50. The lowest BCUT2D eigenvalue weighted by atomic mass is 9.93. The van der Waals surface area contributed by atoms with E-state index in [-0.39, 0.29) is 12.8 Å². The van der Waals surface area contributed by atoms with E-state index >= 15 is 0 Å². The number of hydrogen-bond donors (Lipinski definition) is 2. The van der Waals surface area contributed by atoms with Gasteiger partial charge in [0.25, 0.3) is 5.79 Å². The summed E-state index contributed by atoms with van der Waals surface area (Å²) in [4.78, 5) is 35.6. The molecule has 0 saturated carbocycles. The number of carboxylic acid groups (broad SMARTS) is 1. The van der Waals surface area contributed by atoms with Crippen LogP contribution in [-0.2, 0) is 25.5 Å². The molecule has 1 unspecified atom stereocenters. The molecule has 3 rings (SSSR count). The number of rotatable bonds is 6. The molecule has 1 aliphatic rings. The lowest BCUT2D eigenvalue weighted by Gasteiger charge is -2.34. The fraction of sp³-hybridized carbons (Fsp3) is 0.318. The number of nitrogens with one attached hydrogen (secondary N) is 1. The first-order valence-electron chi connectivity index (χ1n) is 9.53. The highest BCUT2D eigenvalue weighted by molar-refractivity contribution is 6.30. The van der Waals surface area contributed by atoms with Crippen LogP contribution in [0.2, 0.25) is 5.02 Å². The Morgan fingerprint density at radius 3 is 2.35 bits per heavy atom. The van der Waals surface area contributed by atoms with Crippen LogP contribution < -0.4 is 5.32 Å². The molecule has 1 heterocycles. The maximum atomic E-state index is 14.1. The molecule has 2 N–H and O–H groups in total. The van der Waals surface area contributed by atoms with Crippen LogP contribution >= 0.6 is 11.6 Å². The van der Waals surface area contributed by atoms with E-state index in [1.54, 1.807) is 24.3 Å². The molecule has 0 aromatic heterocycles. The van der Waals surface area contributed by atoms with E-state index in [2.05, 4.69) is 5.32 Å². The molecular formula is C22H21ClFNO6. The number of cyclic esters (lactones) is 2. The smallest absolute Gasteiger partial charge is 0.404 e. The molecule has 2 aromatic carbocycles. The van der Waals surface area contributed by atoms with Crippen LogP contribution in [0.3, 0.4) is 0 Å². The van der Waals surface area contributed by atoms with Crippen molar-refractivity contribution >= 4 is 29.6 Å². The number of ether oxygens (including phenoxy) is 2. The van der Waals surface area contributed by atoms with Crippen molar-refractivity contribution in [3.05, 3.63) is 58.9 Å². The second-order valence-electron chi connectivity index (χ2n) is 7.70. The van der Waals surface area contributed by atoms with Crippen LogP contribution in [0.4, 0.5) is 9.18 Å². The summed E-state index contributed by atoms with van der Waals surface area (Å²) >= 11 is 5.94. The van der Waals surface area contributed by atoms with Crippen molar-refractivity contribution in [2.75, 3.05) is 0 Å². The average Bonchev–Trinajstić information content (AvgIpc) is 2.66. The minimum absolute atomic E-state index is 0.120. The van der Waals surface area contributed by atoms with Crippen LogP contribution in [0.5, 0.6) is 0 Å². The maximum absolute atomic E-state index is 14.1. The molecule has 1 atom stereocenters. The van der Waals surface area contributed by atoms with Crippen molar-refractivity contribution < 1.29 is 33.4 Å². The Hall–Kier alpha value is -3.13. The summed E-state index contributed by atoms with van der Waals surface area (Å²) in [7, 11) is 0. The van der Waals surface area contributed by atoms with Gasteiger partial charge < -0.3 is 19.9 Å². The van der Waals surface area contributed by atoms with E-state index in [1.807, 2.05) is 0 Å². The van der Waals surface area contributed by atoms with Crippen LogP contribution in [0, 0.1) is 11.7 Å². The van der Waals surface area contributed by atoms with Gasteiger partial charge in [-0.05, 0) is 42.2 Å². The molecule has 0 bridgehead atoms. The van der Waals surface area contributed by atoms with Gasteiger partial charge in [-0.15, -0.1) is 0 Å². The number of esters is 2. The van der Waals surface area contributed by atoms with Gasteiger partial charge in [-0.1, -0.05) is 35.9 Å². The van der Waals surface area contributed by atoms with Gasteiger partial charge in [0.15, 0.2) is 5.92 Å². The van der Waals surface area contributed by atoms with Crippen molar-refractivity contribution in [3.63, 3.8) is 0 Å². The monoisotopic (exact) mass is 449 g/mol. The first-order valence-corrected chi connectivity index (χ1v) is 9.91. The molecule has 31 heavy (non-hydrogen) atoms. The third kappa shape index (κ3) is 5.73. The van der Waals surface area contributed by atoms with Crippen molar-refractivity contribution in [2.24, 2.45) is 5.92 Å². The van der Waals surface area contributed by atoms with Crippen molar-refractivity contribution in [3.8, 4) is 11.1 Å². The summed E-state index contributed by atoms with van der Waals surface area (Å²) in [6, 6.07) is 10.3. The molecule has 1 amide bonds. The lowest BCUT2D eigenvalue weighted by molar-refractivity contribution is -0.240. The van der Waals surface area contributed by atoms with E-state index in [4.69, 9.17) is 26.2 Å². The van der Waals surface area contributed by atoms with Crippen molar-refractivity contribution in [1.82, 2.24) is 5.32 Å². The topological polar surface area (TPSA) is 102 Å². The quantitative estimate of drug-likeness (QED) is 0.507. The minimum atomic E-state index is -1.36. The number of amides is 1. The standard InChI is InChI=1S/C22H21ClFNO6/c1-22(2)30-19(26)17(20(27)31-22)11-15(25-21(28)29)9-12-3-5-13(6-4-12)16-10-14(23)7-8-18(16)24/h3-8,10,15,17,25H,9,11H2,1-2H3,(H,28,29). The fourth-order valence-corrected chi connectivity index (χ4v) is 3.58. The first kappa shape index (κ1) is 22.6. The van der Waals surface area contributed by atoms with Crippen molar-refractivity contribution in [1.29, 1.82) is 0 Å². The predicted molar refractivity (Wildman–Crippen MR) is 110 cm³/mol.